The van der Waals surface area contributed by atoms with Gasteiger partial charge in [-0.1, -0.05) is 37.3 Å². The minimum atomic E-state index is -3.84. The molecular formula is C26H28FN3O4S. The normalized spacial score (nSPS) is 16.7. The fourth-order valence-electron chi connectivity index (χ4n) is 4.02. The quantitative estimate of drug-likeness (QED) is 0.508. The Bertz CT molecular complexity index is 1340. The number of hydrogen-bond donors (Lipinski definition) is 2. The van der Waals surface area contributed by atoms with Gasteiger partial charge in [-0.3, -0.25) is 4.79 Å². The summed E-state index contributed by atoms with van der Waals surface area (Å²) in [6, 6.07) is 13.8. The van der Waals surface area contributed by atoms with Crippen molar-refractivity contribution in [2.75, 3.05) is 0 Å². The lowest BCUT2D eigenvalue weighted by molar-refractivity contribution is 0.0640. The van der Waals surface area contributed by atoms with Crippen LogP contribution < -0.4 is 14.8 Å². The highest BCUT2D eigenvalue weighted by Crippen LogP contribution is 2.39. The first-order chi connectivity index (χ1) is 16.6. The average Bonchev–Trinajstić information content (AvgIpc) is 2.82. The number of hydrogen-bond acceptors (Lipinski definition) is 5. The van der Waals surface area contributed by atoms with E-state index in [0.717, 1.165) is 12.0 Å². The molecule has 184 valence electrons. The Kier molecular flexibility index (Phi) is 6.91. The molecule has 7 nitrogen and oxygen atoms in total. The molecule has 1 aromatic heterocycles. The Morgan fingerprint density at radius 1 is 1.17 bits per heavy atom. The summed E-state index contributed by atoms with van der Waals surface area (Å²) < 4.78 is 48.9. The molecule has 0 fully saturated rings. The van der Waals surface area contributed by atoms with Gasteiger partial charge in [-0.05, 0) is 50.1 Å². The second-order valence-electron chi connectivity index (χ2n) is 9.13. The standard InChI is InChI=1S/C26H28FN3O4S/c1-4-17-9-11-20(12-10-17)35(32,33)30-23-14-26(2,3)34-25-21(23)13-19(16-29-25)24(31)28-15-18-7-5-6-8-22(18)27/h5-13,16,23,30H,4,14-15H2,1-3H3,(H,28,31)/t23-/m0/s1. The number of carbonyl (C=O) groups is 1. The third-order valence-electron chi connectivity index (χ3n) is 5.92. The summed E-state index contributed by atoms with van der Waals surface area (Å²) in [7, 11) is -3.84. The number of sulfonamides is 1. The predicted molar refractivity (Wildman–Crippen MR) is 130 cm³/mol. The lowest BCUT2D eigenvalue weighted by Gasteiger charge is -2.37. The van der Waals surface area contributed by atoms with Gasteiger partial charge in [-0.2, -0.15) is 0 Å². The molecule has 1 aliphatic heterocycles. The molecule has 1 aliphatic rings. The van der Waals surface area contributed by atoms with Crippen molar-refractivity contribution in [1.29, 1.82) is 0 Å². The van der Waals surface area contributed by atoms with Gasteiger partial charge in [0, 0.05) is 30.3 Å². The summed E-state index contributed by atoms with van der Waals surface area (Å²) in [6.45, 7) is 5.71. The molecule has 3 aromatic rings. The molecule has 1 amide bonds. The van der Waals surface area contributed by atoms with E-state index in [2.05, 4.69) is 15.0 Å². The summed E-state index contributed by atoms with van der Waals surface area (Å²) in [5.74, 6) is -0.598. The molecule has 0 radical (unpaired) electrons. The number of benzene rings is 2. The molecule has 1 atom stereocenters. The molecule has 35 heavy (non-hydrogen) atoms. The van der Waals surface area contributed by atoms with Crippen LogP contribution in [0, 0.1) is 5.82 Å². The maximum atomic E-state index is 13.9. The van der Waals surface area contributed by atoms with Crippen molar-refractivity contribution in [1.82, 2.24) is 15.0 Å². The summed E-state index contributed by atoms with van der Waals surface area (Å²) >= 11 is 0. The number of pyridine rings is 1. The van der Waals surface area contributed by atoms with E-state index in [1.54, 1.807) is 48.5 Å². The molecule has 2 heterocycles. The monoisotopic (exact) mass is 497 g/mol. The van der Waals surface area contributed by atoms with Crippen molar-refractivity contribution < 1.29 is 22.3 Å². The molecule has 2 aromatic carbocycles. The van der Waals surface area contributed by atoms with E-state index >= 15 is 0 Å². The minimum absolute atomic E-state index is 0.00986. The van der Waals surface area contributed by atoms with Crippen LogP contribution in [0.3, 0.4) is 0 Å². The molecule has 9 heteroatoms. The van der Waals surface area contributed by atoms with Crippen molar-refractivity contribution >= 4 is 15.9 Å². The second kappa shape index (κ2) is 9.75. The SMILES string of the molecule is CCc1ccc(S(=O)(=O)N[C@H]2CC(C)(C)Oc3ncc(C(=O)NCc4ccccc4F)cc32)cc1. The van der Waals surface area contributed by atoms with E-state index in [4.69, 9.17) is 4.74 Å². The number of rotatable bonds is 7. The van der Waals surface area contributed by atoms with Gasteiger partial charge in [0.25, 0.3) is 5.91 Å². The lowest BCUT2D eigenvalue weighted by atomic mass is 9.91. The maximum absolute atomic E-state index is 13.9. The first-order valence-corrected chi connectivity index (χ1v) is 12.9. The van der Waals surface area contributed by atoms with Crippen molar-refractivity contribution in [2.24, 2.45) is 0 Å². The minimum Gasteiger partial charge on any atom is -0.471 e. The Morgan fingerprint density at radius 2 is 1.89 bits per heavy atom. The van der Waals surface area contributed by atoms with Crippen LogP contribution >= 0.6 is 0 Å². The van der Waals surface area contributed by atoms with E-state index in [-0.39, 0.29) is 22.9 Å². The molecule has 0 unspecified atom stereocenters. The highest BCUT2D eigenvalue weighted by molar-refractivity contribution is 7.89. The van der Waals surface area contributed by atoms with Crippen molar-refractivity contribution in [3.05, 3.63) is 88.9 Å². The number of nitrogens with zero attached hydrogens (tertiary/aromatic N) is 1. The molecule has 0 bridgehead atoms. The van der Waals surface area contributed by atoms with Crippen molar-refractivity contribution in [3.8, 4) is 5.88 Å². The van der Waals surface area contributed by atoms with E-state index < -0.39 is 33.4 Å². The van der Waals surface area contributed by atoms with Crippen LogP contribution in [-0.4, -0.2) is 24.9 Å². The number of aromatic nitrogens is 1. The largest absolute Gasteiger partial charge is 0.471 e. The van der Waals surface area contributed by atoms with E-state index in [1.165, 1.54) is 12.3 Å². The van der Waals surface area contributed by atoms with Crippen molar-refractivity contribution in [3.63, 3.8) is 0 Å². The molecule has 4 rings (SSSR count). The molecule has 0 spiro atoms. The fraction of sp³-hybridized carbons (Fsp3) is 0.308. The number of nitrogens with one attached hydrogen (secondary N) is 2. The van der Waals surface area contributed by atoms with Gasteiger partial charge in [0.05, 0.1) is 16.5 Å². The summed E-state index contributed by atoms with van der Waals surface area (Å²) in [4.78, 5) is 17.2. The Labute approximate surface area is 204 Å². The van der Waals surface area contributed by atoms with Gasteiger partial charge in [-0.15, -0.1) is 0 Å². The molecular weight excluding hydrogens is 469 g/mol. The molecule has 0 saturated carbocycles. The van der Waals surface area contributed by atoms with Crippen LogP contribution in [0.2, 0.25) is 0 Å². The molecule has 2 N–H and O–H groups in total. The van der Waals surface area contributed by atoms with Crippen LogP contribution in [-0.2, 0) is 23.0 Å². The molecule has 0 aliphatic carbocycles. The average molecular weight is 498 g/mol. The van der Waals surface area contributed by atoms with Gasteiger partial charge < -0.3 is 10.1 Å². The molecule has 0 saturated heterocycles. The maximum Gasteiger partial charge on any atom is 0.253 e. The number of amides is 1. The third kappa shape index (κ3) is 5.68. The van der Waals surface area contributed by atoms with Gasteiger partial charge in [0.1, 0.15) is 11.4 Å². The van der Waals surface area contributed by atoms with Gasteiger partial charge in [0.2, 0.25) is 15.9 Å². The zero-order valence-corrected chi connectivity index (χ0v) is 20.7. The number of carbonyl (C=O) groups excluding carboxylic acids is 1. The Morgan fingerprint density at radius 3 is 2.57 bits per heavy atom. The highest BCUT2D eigenvalue weighted by Gasteiger charge is 2.37. The predicted octanol–water partition coefficient (Wildman–Crippen LogP) is 4.29. The number of fused-ring (bicyclic) bond motifs is 1. The number of halogens is 1. The summed E-state index contributed by atoms with van der Waals surface area (Å²) in [5, 5.41) is 2.68. The first-order valence-electron chi connectivity index (χ1n) is 11.4. The second-order valence-corrected chi connectivity index (χ2v) is 10.8. The van der Waals surface area contributed by atoms with E-state index in [0.29, 0.717) is 17.5 Å². The fourth-order valence-corrected chi connectivity index (χ4v) is 5.23. The zero-order valence-electron chi connectivity index (χ0n) is 19.8. The van der Waals surface area contributed by atoms with Crippen LogP contribution in [0.25, 0.3) is 0 Å². The van der Waals surface area contributed by atoms with Crippen LogP contribution in [0.5, 0.6) is 5.88 Å². The smallest absolute Gasteiger partial charge is 0.253 e. The van der Waals surface area contributed by atoms with Crippen LogP contribution in [0.1, 0.15) is 60.3 Å². The Hall–Kier alpha value is -3.30. The highest BCUT2D eigenvalue weighted by atomic mass is 32.2. The third-order valence-corrected chi connectivity index (χ3v) is 7.41. The van der Waals surface area contributed by atoms with Gasteiger partial charge >= 0.3 is 0 Å². The van der Waals surface area contributed by atoms with Gasteiger partial charge in [0.15, 0.2) is 0 Å². The zero-order chi connectivity index (χ0) is 25.2. The topological polar surface area (TPSA) is 97.4 Å². The van der Waals surface area contributed by atoms with Crippen molar-refractivity contribution in [2.45, 2.75) is 56.7 Å². The van der Waals surface area contributed by atoms with Crippen LogP contribution in [0.4, 0.5) is 4.39 Å². The van der Waals surface area contributed by atoms with Crippen LogP contribution in [0.15, 0.2) is 65.7 Å². The summed E-state index contributed by atoms with van der Waals surface area (Å²) in [5.41, 5.74) is 1.42. The first kappa shape index (κ1) is 24.8. The van der Waals surface area contributed by atoms with E-state index in [9.17, 15) is 17.6 Å². The number of aryl methyl sites for hydroxylation is 1. The number of ether oxygens (including phenoxy) is 1. The lowest BCUT2D eigenvalue weighted by Crippen LogP contribution is -2.41. The Balaban J connectivity index is 1.59. The van der Waals surface area contributed by atoms with Gasteiger partial charge in [-0.25, -0.2) is 22.5 Å². The summed E-state index contributed by atoms with van der Waals surface area (Å²) in [6.07, 6.45) is 2.52. The van der Waals surface area contributed by atoms with E-state index in [1.807, 2.05) is 20.8 Å².